The molecule has 3 aliphatic heterocycles. The van der Waals surface area contributed by atoms with Crippen LogP contribution in [-0.2, 0) is 26.1 Å². The molecular weight excluding hydrogens is 420 g/mol. The number of fused-ring (bicyclic) bond motifs is 1. The van der Waals surface area contributed by atoms with Gasteiger partial charge in [-0.05, 0) is 24.1 Å². The molecule has 10 heteroatoms. The van der Waals surface area contributed by atoms with Gasteiger partial charge in [-0.15, -0.1) is 0 Å². The molecule has 3 aliphatic rings. The van der Waals surface area contributed by atoms with Crippen molar-refractivity contribution in [1.82, 2.24) is 19.1 Å². The average molecular weight is 449 g/mol. The lowest BCUT2D eigenvalue weighted by atomic mass is 9.89. The van der Waals surface area contributed by atoms with Gasteiger partial charge in [-0.25, -0.2) is 12.7 Å². The first kappa shape index (κ1) is 21.9. The number of hydrogen-bond acceptors (Lipinski definition) is 7. The molecule has 168 valence electrons. The maximum Gasteiger partial charge on any atom is 0.256 e. The third-order valence-corrected chi connectivity index (χ3v) is 7.12. The summed E-state index contributed by atoms with van der Waals surface area (Å²) in [6, 6.07) is 3.01. The van der Waals surface area contributed by atoms with Gasteiger partial charge >= 0.3 is 0 Å². The van der Waals surface area contributed by atoms with Gasteiger partial charge in [0.15, 0.2) is 0 Å². The summed E-state index contributed by atoms with van der Waals surface area (Å²) in [6.45, 7) is 7.83. The predicted octanol–water partition coefficient (Wildman–Crippen LogP) is 0.696. The molecule has 0 saturated carbocycles. The first-order chi connectivity index (χ1) is 14.7. The molecule has 2 amide bonds. The normalized spacial score (nSPS) is 24.6. The number of carbonyl (C=O) groups is 2. The molecule has 2 saturated heterocycles. The topological polar surface area (TPSA) is 100 Å². The van der Waals surface area contributed by atoms with Crippen LogP contribution >= 0.6 is 0 Å². The summed E-state index contributed by atoms with van der Waals surface area (Å²) in [6.07, 6.45) is 4.25. The Kier molecular flexibility index (Phi) is 5.89. The zero-order valence-corrected chi connectivity index (χ0v) is 18.8. The Balaban J connectivity index is 1.53. The van der Waals surface area contributed by atoms with Gasteiger partial charge in [0.1, 0.15) is 0 Å². The van der Waals surface area contributed by atoms with Gasteiger partial charge in [-0.1, -0.05) is 13.8 Å². The van der Waals surface area contributed by atoms with Crippen LogP contribution in [0.1, 0.15) is 29.9 Å². The second-order valence-electron chi connectivity index (χ2n) is 8.59. The third kappa shape index (κ3) is 4.11. The van der Waals surface area contributed by atoms with Gasteiger partial charge in [0.05, 0.1) is 48.4 Å². The van der Waals surface area contributed by atoms with E-state index < -0.39 is 27.9 Å². The van der Waals surface area contributed by atoms with Crippen LogP contribution in [-0.4, -0.2) is 84.5 Å². The van der Waals surface area contributed by atoms with Gasteiger partial charge in [-0.3, -0.25) is 19.5 Å². The van der Waals surface area contributed by atoms with Crippen molar-refractivity contribution < 1.29 is 22.7 Å². The fourth-order valence-corrected chi connectivity index (χ4v) is 5.59. The fraction of sp³-hybridized carbons (Fsp3) is 0.571. The summed E-state index contributed by atoms with van der Waals surface area (Å²) in [7, 11) is -3.75. The lowest BCUT2D eigenvalue weighted by molar-refractivity contribution is -0.128. The third-order valence-electron chi connectivity index (χ3n) is 6.07. The van der Waals surface area contributed by atoms with E-state index in [2.05, 4.69) is 9.88 Å². The van der Waals surface area contributed by atoms with E-state index in [9.17, 15) is 18.0 Å². The number of ether oxygens (including phenoxy) is 1. The van der Waals surface area contributed by atoms with E-state index in [1.807, 2.05) is 19.9 Å². The summed E-state index contributed by atoms with van der Waals surface area (Å²) >= 11 is 0. The van der Waals surface area contributed by atoms with Crippen molar-refractivity contribution in [2.24, 2.45) is 11.8 Å². The van der Waals surface area contributed by atoms with Crippen LogP contribution in [0.2, 0.25) is 0 Å². The van der Waals surface area contributed by atoms with Gasteiger partial charge in [0.2, 0.25) is 15.9 Å². The quantitative estimate of drug-likeness (QED) is 0.654. The molecule has 2 atom stereocenters. The highest BCUT2D eigenvalue weighted by Gasteiger charge is 2.54. The highest BCUT2D eigenvalue weighted by molar-refractivity contribution is 7.89. The molecule has 0 aromatic carbocycles. The van der Waals surface area contributed by atoms with E-state index in [1.54, 1.807) is 23.2 Å². The molecule has 0 radical (unpaired) electrons. The van der Waals surface area contributed by atoms with Crippen LogP contribution in [0.5, 0.6) is 0 Å². The minimum absolute atomic E-state index is 0.116. The molecule has 31 heavy (non-hydrogen) atoms. The Morgan fingerprint density at radius 2 is 1.97 bits per heavy atom. The molecule has 0 N–H and O–H groups in total. The monoisotopic (exact) mass is 448 g/mol. The van der Waals surface area contributed by atoms with Crippen LogP contribution < -0.4 is 0 Å². The van der Waals surface area contributed by atoms with E-state index in [0.29, 0.717) is 31.0 Å². The van der Waals surface area contributed by atoms with Gasteiger partial charge in [0.25, 0.3) is 5.91 Å². The van der Waals surface area contributed by atoms with Crippen LogP contribution in [0.15, 0.2) is 30.1 Å². The lowest BCUT2D eigenvalue weighted by Gasteiger charge is -2.29. The van der Waals surface area contributed by atoms with E-state index in [1.165, 1.54) is 0 Å². The molecule has 9 nitrogen and oxygen atoms in total. The maximum atomic E-state index is 13.3. The Labute approximate surface area is 182 Å². The Morgan fingerprint density at radius 1 is 1.26 bits per heavy atom. The first-order valence-corrected chi connectivity index (χ1v) is 12.3. The standard InChI is InChI=1S/C21H28N4O5S/c1-14(2)18-19-17(25(21(18)27)31(3,28)29)6-7-24(19)20(26)15-4-5-16(22-12-15)13-23-8-10-30-11-9-23/h4-6,12,14,18-19H,7-11,13H2,1-3H3/t18-,19+/m1/s1. The first-order valence-electron chi connectivity index (χ1n) is 10.5. The number of amides is 2. The molecule has 1 aromatic heterocycles. The number of sulfonamides is 1. The second kappa shape index (κ2) is 8.33. The maximum absolute atomic E-state index is 13.3. The van der Waals surface area contributed by atoms with Crippen molar-refractivity contribution in [3.05, 3.63) is 41.4 Å². The molecule has 4 heterocycles. The molecule has 0 unspecified atom stereocenters. The highest BCUT2D eigenvalue weighted by Crippen LogP contribution is 2.41. The van der Waals surface area contributed by atoms with Crippen LogP contribution in [0.3, 0.4) is 0 Å². The van der Waals surface area contributed by atoms with E-state index in [0.717, 1.165) is 29.3 Å². The van der Waals surface area contributed by atoms with Gasteiger partial charge in [-0.2, -0.15) is 0 Å². The molecule has 1 aromatic rings. The van der Waals surface area contributed by atoms with Crippen LogP contribution in [0.4, 0.5) is 0 Å². The Morgan fingerprint density at radius 3 is 2.55 bits per heavy atom. The Bertz CT molecular complexity index is 999. The number of nitrogens with zero attached hydrogens (tertiary/aromatic N) is 4. The second-order valence-corrected chi connectivity index (χ2v) is 10.4. The molecule has 2 fully saturated rings. The van der Waals surface area contributed by atoms with E-state index in [4.69, 9.17) is 4.74 Å². The number of carbonyl (C=O) groups excluding carboxylic acids is 2. The van der Waals surface area contributed by atoms with Crippen molar-refractivity contribution in [1.29, 1.82) is 0 Å². The number of morpholine rings is 1. The van der Waals surface area contributed by atoms with Crippen molar-refractivity contribution in [2.45, 2.75) is 26.4 Å². The van der Waals surface area contributed by atoms with Crippen molar-refractivity contribution in [2.75, 3.05) is 39.1 Å². The van der Waals surface area contributed by atoms with Crippen LogP contribution in [0.25, 0.3) is 0 Å². The SMILES string of the molecule is CC(C)[C@H]1C(=O)N(S(C)(=O)=O)C2=CCN(C(=O)c3ccc(CN4CCOCC4)nc3)[C@@H]21. The van der Waals surface area contributed by atoms with E-state index in [-0.39, 0.29) is 18.4 Å². The number of aromatic nitrogens is 1. The number of rotatable bonds is 5. The molecule has 0 bridgehead atoms. The minimum atomic E-state index is -3.75. The highest BCUT2D eigenvalue weighted by atomic mass is 32.2. The largest absolute Gasteiger partial charge is 0.379 e. The van der Waals surface area contributed by atoms with Crippen molar-refractivity contribution in [3.8, 4) is 0 Å². The summed E-state index contributed by atoms with van der Waals surface area (Å²) in [4.78, 5) is 34.4. The Hall–Kier alpha value is -2.30. The summed E-state index contributed by atoms with van der Waals surface area (Å²) in [5.41, 5.74) is 1.68. The zero-order chi connectivity index (χ0) is 22.3. The molecule has 0 aliphatic carbocycles. The zero-order valence-electron chi connectivity index (χ0n) is 18.0. The molecular formula is C21H28N4O5S. The lowest BCUT2D eigenvalue weighted by Crippen LogP contribution is -2.43. The van der Waals surface area contributed by atoms with Gasteiger partial charge < -0.3 is 9.64 Å². The molecule has 0 spiro atoms. The summed E-state index contributed by atoms with van der Waals surface area (Å²) in [5, 5.41) is 0. The van der Waals surface area contributed by atoms with Gasteiger partial charge in [0, 0.05) is 32.4 Å². The minimum Gasteiger partial charge on any atom is -0.379 e. The molecule has 4 rings (SSSR count). The van der Waals surface area contributed by atoms with Crippen molar-refractivity contribution >= 4 is 21.8 Å². The number of pyridine rings is 1. The number of hydrogen-bond donors (Lipinski definition) is 0. The predicted molar refractivity (Wildman–Crippen MR) is 113 cm³/mol. The summed E-state index contributed by atoms with van der Waals surface area (Å²) < 4.78 is 30.7. The van der Waals surface area contributed by atoms with Crippen LogP contribution in [0, 0.1) is 11.8 Å². The summed E-state index contributed by atoms with van der Waals surface area (Å²) in [5.74, 6) is -1.43. The van der Waals surface area contributed by atoms with E-state index >= 15 is 0 Å². The fourth-order valence-electron chi connectivity index (χ4n) is 4.58. The smallest absolute Gasteiger partial charge is 0.256 e. The average Bonchev–Trinajstić information content (AvgIpc) is 3.24. The van der Waals surface area contributed by atoms with Crippen molar-refractivity contribution in [3.63, 3.8) is 0 Å².